The van der Waals surface area contributed by atoms with Crippen LogP contribution in [-0.2, 0) is 9.53 Å². The van der Waals surface area contributed by atoms with Crippen LogP contribution >= 0.6 is 0 Å². The Morgan fingerprint density at radius 1 is 1.59 bits per heavy atom. The molecular weight excluding hydrogens is 224 g/mol. The zero-order valence-corrected chi connectivity index (χ0v) is 10.3. The van der Waals surface area contributed by atoms with Gasteiger partial charge in [0.15, 0.2) is 0 Å². The minimum absolute atomic E-state index is 0.0672. The van der Waals surface area contributed by atoms with Crippen LogP contribution in [0.3, 0.4) is 0 Å². The number of nitrogens with one attached hydrogen (secondary N) is 1. The Kier molecular flexibility index (Phi) is 5.21. The molecule has 98 valence electrons. The maximum Gasteiger partial charge on any atom is 0.317 e. The Morgan fingerprint density at radius 2 is 2.29 bits per heavy atom. The van der Waals surface area contributed by atoms with E-state index in [1.54, 1.807) is 18.9 Å². The van der Waals surface area contributed by atoms with Gasteiger partial charge in [-0.1, -0.05) is 0 Å². The number of carbonyl (C=O) groups is 2. The Hall–Kier alpha value is -1.30. The molecule has 2 N–H and O–H groups in total. The molecule has 0 saturated carbocycles. The smallest absolute Gasteiger partial charge is 0.317 e. The molecule has 2 unspecified atom stereocenters. The van der Waals surface area contributed by atoms with Crippen molar-refractivity contribution < 1.29 is 19.4 Å². The molecule has 6 heteroatoms. The molecule has 0 aromatic heterocycles. The molecule has 1 fully saturated rings. The van der Waals surface area contributed by atoms with Crippen molar-refractivity contribution in [1.82, 2.24) is 10.2 Å². The van der Waals surface area contributed by atoms with Gasteiger partial charge in [-0.25, -0.2) is 4.79 Å². The van der Waals surface area contributed by atoms with Gasteiger partial charge >= 0.3 is 12.0 Å². The normalized spacial score (nSPS) is 20.9. The first-order valence-electron chi connectivity index (χ1n) is 5.83. The molecule has 2 amide bonds. The van der Waals surface area contributed by atoms with E-state index in [0.717, 1.165) is 6.42 Å². The highest BCUT2D eigenvalue weighted by Crippen LogP contribution is 2.10. The third kappa shape index (κ3) is 4.60. The molecule has 0 aromatic rings. The van der Waals surface area contributed by atoms with Crippen molar-refractivity contribution >= 4 is 12.0 Å². The first-order valence-corrected chi connectivity index (χ1v) is 5.83. The average molecular weight is 244 g/mol. The van der Waals surface area contributed by atoms with Crippen molar-refractivity contribution in [3.8, 4) is 0 Å². The SMILES string of the molecule is CC(CCC(=O)O)NC(=O)N(C)C1CCOC1. The van der Waals surface area contributed by atoms with E-state index in [0.29, 0.717) is 19.6 Å². The first-order chi connectivity index (χ1) is 8.00. The van der Waals surface area contributed by atoms with Gasteiger partial charge in [0.1, 0.15) is 0 Å². The fourth-order valence-corrected chi connectivity index (χ4v) is 1.72. The molecule has 1 heterocycles. The number of carbonyl (C=O) groups excluding carboxylic acids is 1. The van der Waals surface area contributed by atoms with Crippen molar-refractivity contribution in [3.05, 3.63) is 0 Å². The number of hydrogen-bond donors (Lipinski definition) is 2. The van der Waals surface area contributed by atoms with Gasteiger partial charge in [0.25, 0.3) is 0 Å². The molecule has 0 bridgehead atoms. The lowest BCUT2D eigenvalue weighted by Crippen LogP contribution is -2.46. The number of carboxylic acids is 1. The van der Waals surface area contributed by atoms with Crippen molar-refractivity contribution in [1.29, 1.82) is 0 Å². The summed E-state index contributed by atoms with van der Waals surface area (Å²) in [4.78, 5) is 23.8. The molecule has 17 heavy (non-hydrogen) atoms. The third-order valence-electron chi connectivity index (χ3n) is 2.93. The van der Waals surface area contributed by atoms with E-state index in [-0.39, 0.29) is 24.5 Å². The van der Waals surface area contributed by atoms with Crippen LogP contribution in [0.1, 0.15) is 26.2 Å². The molecule has 1 saturated heterocycles. The van der Waals surface area contributed by atoms with Gasteiger partial charge < -0.3 is 20.1 Å². The van der Waals surface area contributed by atoms with E-state index < -0.39 is 5.97 Å². The summed E-state index contributed by atoms with van der Waals surface area (Å²) in [6.45, 7) is 3.07. The monoisotopic (exact) mass is 244 g/mol. The summed E-state index contributed by atoms with van der Waals surface area (Å²) in [5.74, 6) is -0.844. The molecule has 0 radical (unpaired) electrons. The van der Waals surface area contributed by atoms with E-state index in [9.17, 15) is 9.59 Å². The summed E-state index contributed by atoms with van der Waals surface area (Å²) in [5.41, 5.74) is 0. The Morgan fingerprint density at radius 3 is 2.82 bits per heavy atom. The lowest BCUT2D eigenvalue weighted by atomic mass is 10.2. The molecule has 0 aliphatic carbocycles. The molecule has 2 atom stereocenters. The molecule has 0 aromatic carbocycles. The molecular formula is C11H20N2O4. The van der Waals surface area contributed by atoms with Gasteiger partial charge in [-0.05, 0) is 19.8 Å². The minimum atomic E-state index is -0.844. The van der Waals surface area contributed by atoms with Crippen LogP contribution in [0.4, 0.5) is 4.79 Å². The molecule has 6 nitrogen and oxygen atoms in total. The second-order valence-corrected chi connectivity index (χ2v) is 4.41. The lowest BCUT2D eigenvalue weighted by molar-refractivity contribution is -0.137. The largest absolute Gasteiger partial charge is 0.481 e. The Labute approximate surface area is 101 Å². The highest BCUT2D eigenvalue weighted by Gasteiger charge is 2.24. The van der Waals surface area contributed by atoms with Gasteiger partial charge in [-0.2, -0.15) is 0 Å². The minimum Gasteiger partial charge on any atom is -0.481 e. The van der Waals surface area contributed by atoms with Crippen LogP contribution in [0.25, 0.3) is 0 Å². The third-order valence-corrected chi connectivity index (χ3v) is 2.93. The summed E-state index contributed by atoms with van der Waals surface area (Å²) >= 11 is 0. The first kappa shape index (κ1) is 13.8. The fourth-order valence-electron chi connectivity index (χ4n) is 1.72. The standard InChI is InChI=1S/C11H20N2O4/c1-8(3-4-10(14)15)12-11(16)13(2)9-5-6-17-7-9/h8-9H,3-7H2,1-2H3,(H,12,16)(H,14,15). The molecule has 0 spiro atoms. The number of rotatable bonds is 5. The predicted molar refractivity (Wildman–Crippen MR) is 61.9 cm³/mol. The number of nitrogens with zero attached hydrogens (tertiary/aromatic N) is 1. The predicted octanol–water partition coefficient (Wildman–Crippen LogP) is 0.670. The number of carboxylic acid groups (broad SMARTS) is 1. The number of hydrogen-bond acceptors (Lipinski definition) is 3. The van der Waals surface area contributed by atoms with Gasteiger partial charge in [0.2, 0.25) is 0 Å². The molecule has 1 rings (SSSR count). The summed E-state index contributed by atoms with van der Waals surface area (Å²) in [5, 5.41) is 11.3. The van der Waals surface area contributed by atoms with Gasteiger partial charge in [-0.3, -0.25) is 4.79 Å². The zero-order chi connectivity index (χ0) is 12.8. The van der Waals surface area contributed by atoms with Crippen molar-refractivity contribution in [2.24, 2.45) is 0 Å². The van der Waals surface area contributed by atoms with Crippen molar-refractivity contribution in [2.45, 2.75) is 38.3 Å². The summed E-state index contributed by atoms with van der Waals surface area (Å²) in [6, 6.07) is -0.177. The lowest BCUT2D eigenvalue weighted by Gasteiger charge is -2.25. The highest BCUT2D eigenvalue weighted by atomic mass is 16.5. The Balaban J connectivity index is 2.29. The Bertz CT molecular complexity index is 277. The van der Waals surface area contributed by atoms with Gasteiger partial charge in [0.05, 0.1) is 12.6 Å². The van der Waals surface area contributed by atoms with Crippen LogP contribution < -0.4 is 5.32 Å². The average Bonchev–Trinajstić information content (AvgIpc) is 2.78. The summed E-state index contributed by atoms with van der Waals surface area (Å²) in [7, 11) is 1.73. The number of aliphatic carboxylic acids is 1. The van der Waals surface area contributed by atoms with Crippen molar-refractivity contribution in [2.75, 3.05) is 20.3 Å². The van der Waals surface area contributed by atoms with Gasteiger partial charge in [0, 0.05) is 26.1 Å². The van der Waals surface area contributed by atoms with Crippen molar-refractivity contribution in [3.63, 3.8) is 0 Å². The van der Waals surface area contributed by atoms with Crippen LogP contribution in [0.15, 0.2) is 0 Å². The van der Waals surface area contributed by atoms with Gasteiger partial charge in [-0.15, -0.1) is 0 Å². The summed E-state index contributed by atoms with van der Waals surface area (Å²) < 4.78 is 5.21. The van der Waals surface area contributed by atoms with E-state index in [4.69, 9.17) is 9.84 Å². The maximum atomic E-state index is 11.8. The second kappa shape index (κ2) is 6.44. The molecule has 1 aliphatic heterocycles. The highest BCUT2D eigenvalue weighted by molar-refractivity contribution is 5.74. The van der Waals surface area contributed by atoms with E-state index >= 15 is 0 Å². The number of likely N-dealkylation sites (N-methyl/N-ethyl adjacent to an activating group) is 1. The number of amides is 2. The quantitative estimate of drug-likeness (QED) is 0.745. The number of urea groups is 1. The van der Waals surface area contributed by atoms with Crippen LogP contribution in [0, 0.1) is 0 Å². The van der Waals surface area contributed by atoms with Crippen LogP contribution in [0.5, 0.6) is 0 Å². The van der Waals surface area contributed by atoms with Crippen LogP contribution in [0.2, 0.25) is 0 Å². The topological polar surface area (TPSA) is 78.9 Å². The van der Waals surface area contributed by atoms with E-state index in [2.05, 4.69) is 5.32 Å². The van der Waals surface area contributed by atoms with E-state index in [1.165, 1.54) is 0 Å². The fraction of sp³-hybridized carbons (Fsp3) is 0.818. The number of ether oxygens (including phenoxy) is 1. The van der Waals surface area contributed by atoms with Crippen LogP contribution in [-0.4, -0.2) is 54.4 Å². The summed E-state index contributed by atoms with van der Waals surface area (Å²) in [6.07, 6.45) is 1.36. The second-order valence-electron chi connectivity index (χ2n) is 4.41. The van der Waals surface area contributed by atoms with E-state index in [1.807, 2.05) is 0 Å². The molecule has 1 aliphatic rings. The maximum absolute atomic E-state index is 11.8. The zero-order valence-electron chi connectivity index (χ0n) is 10.3.